The number of hydrogen-bond donors (Lipinski definition) is 0. The molecule has 0 fully saturated rings. The molecule has 0 radical (unpaired) electrons. The van der Waals surface area contributed by atoms with Gasteiger partial charge in [-0.2, -0.15) is 5.10 Å². The summed E-state index contributed by atoms with van der Waals surface area (Å²) in [5, 5.41) is 4.45. The van der Waals surface area contributed by atoms with Crippen LogP contribution in [-0.4, -0.2) is 22.9 Å². The second kappa shape index (κ2) is 6.22. The van der Waals surface area contributed by atoms with Gasteiger partial charge in [0.05, 0.1) is 23.8 Å². The summed E-state index contributed by atoms with van der Waals surface area (Å²) in [6.45, 7) is 4.38. The normalized spacial score (nSPS) is 12.2. The number of aromatic nitrogens is 2. The van der Waals surface area contributed by atoms with Crippen molar-refractivity contribution in [1.82, 2.24) is 9.78 Å². The SMILES string of the molecule is COC(=O)C(Cn1nc(C)c(Br)c1C)c1ccccc1. The number of methoxy groups -OCH3 is 1. The van der Waals surface area contributed by atoms with Crippen LogP contribution < -0.4 is 0 Å². The maximum absolute atomic E-state index is 12.0. The molecule has 0 aliphatic heterocycles. The van der Waals surface area contributed by atoms with E-state index in [0.717, 1.165) is 21.4 Å². The molecular weight excluding hydrogens is 320 g/mol. The number of nitrogens with zero attached hydrogens (tertiary/aromatic N) is 2. The molecule has 0 spiro atoms. The molecule has 106 valence electrons. The topological polar surface area (TPSA) is 44.1 Å². The molecule has 0 aliphatic rings. The zero-order valence-corrected chi connectivity index (χ0v) is 13.3. The highest BCUT2D eigenvalue weighted by Crippen LogP contribution is 2.24. The summed E-state index contributed by atoms with van der Waals surface area (Å²) in [7, 11) is 1.41. The first kappa shape index (κ1) is 14.8. The summed E-state index contributed by atoms with van der Waals surface area (Å²) in [6.07, 6.45) is 0. The zero-order valence-electron chi connectivity index (χ0n) is 11.8. The predicted octanol–water partition coefficient (Wildman–Crippen LogP) is 3.22. The van der Waals surface area contributed by atoms with E-state index in [1.54, 1.807) is 0 Å². The predicted molar refractivity (Wildman–Crippen MR) is 80.6 cm³/mol. The Hall–Kier alpha value is -1.62. The number of aryl methyl sites for hydroxylation is 1. The molecule has 1 unspecified atom stereocenters. The highest BCUT2D eigenvalue weighted by atomic mass is 79.9. The van der Waals surface area contributed by atoms with Gasteiger partial charge in [0.1, 0.15) is 5.92 Å². The van der Waals surface area contributed by atoms with E-state index in [1.807, 2.05) is 48.9 Å². The third kappa shape index (κ3) is 2.93. The molecule has 1 aromatic carbocycles. The van der Waals surface area contributed by atoms with Gasteiger partial charge in [-0.15, -0.1) is 0 Å². The Morgan fingerprint density at radius 2 is 2.00 bits per heavy atom. The Bertz CT molecular complexity index is 608. The second-order valence-electron chi connectivity index (χ2n) is 4.65. The Balaban J connectivity index is 2.34. The van der Waals surface area contributed by atoms with Gasteiger partial charge in [0.25, 0.3) is 0 Å². The molecule has 0 saturated heterocycles. The minimum Gasteiger partial charge on any atom is -0.468 e. The Labute approximate surface area is 126 Å². The molecule has 1 aromatic heterocycles. The van der Waals surface area contributed by atoms with E-state index < -0.39 is 0 Å². The first-order chi connectivity index (χ1) is 9.54. The van der Waals surface area contributed by atoms with Crippen molar-refractivity contribution in [2.24, 2.45) is 0 Å². The van der Waals surface area contributed by atoms with Gasteiger partial charge in [-0.25, -0.2) is 0 Å². The van der Waals surface area contributed by atoms with Crippen LogP contribution in [0.15, 0.2) is 34.8 Å². The lowest BCUT2D eigenvalue weighted by molar-refractivity contribution is -0.142. The second-order valence-corrected chi connectivity index (χ2v) is 5.45. The zero-order chi connectivity index (χ0) is 14.7. The molecule has 0 aliphatic carbocycles. The summed E-state index contributed by atoms with van der Waals surface area (Å²) in [5.74, 6) is -0.606. The van der Waals surface area contributed by atoms with Crippen LogP contribution in [0.5, 0.6) is 0 Å². The lowest BCUT2D eigenvalue weighted by Crippen LogP contribution is -2.21. The number of ether oxygens (including phenoxy) is 1. The average molecular weight is 337 g/mol. The van der Waals surface area contributed by atoms with Crippen LogP contribution in [0.1, 0.15) is 22.9 Å². The minimum absolute atomic E-state index is 0.250. The number of benzene rings is 1. The molecule has 5 heteroatoms. The van der Waals surface area contributed by atoms with Gasteiger partial charge < -0.3 is 4.74 Å². The average Bonchev–Trinajstić information content (AvgIpc) is 2.72. The Kier molecular flexibility index (Phi) is 4.60. The van der Waals surface area contributed by atoms with Crippen molar-refractivity contribution in [2.75, 3.05) is 7.11 Å². The van der Waals surface area contributed by atoms with E-state index >= 15 is 0 Å². The Morgan fingerprint density at radius 3 is 2.50 bits per heavy atom. The maximum Gasteiger partial charge on any atom is 0.315 e. The summed E-state index contributed by atoms with van der Waals surface area (Å²) in [5.41, 5.74) is 2.86. The minimum atomic E-state index is -0.355. The number of hydrogen-bond acceptors (Lipinski definition) is 3. The van der Waals surface area contributed by atoms with E-state index in [-0.39, 0.29) is 11.9 Å². The summed E-state index contributed by atoms with van der Waals surface area (Å²) in [4.78, 5) is 12.0. The van der Waals surface area contributed by atoms with E-state index in [2.05, 4.69) is 21.0 Å². The highest BCUT2D eigenvalue weighted by molar-refractivity contribution is 9.10. The van der Waals surface area contributed by atoms with Crippen molar-refractivity contribution in [3.8, 4) is 0 Å². The van der Waals surface area contributed by atoms with Crippen LogP contribution in [0.3, 0.4) is 0 Å². The van der Waals surface area contributed by atoms with Crippen LogP contribution in [0.4, 0.5) is 0 Å². The summed E-state index contributed by atoms with van der Waals surface area (Å²) >= 11 is 3.50. The molecule has 4 nitrogen and oxygen atoms in total. The van der Waals surface area contributed by atoms with E-state index in [9.17, 15) is 4.79 Å². The van der Waals surface area contributed by atoms with E-state index in [1.165, 1.54) is 7.11 Å². The smallest absolute Gasteiger partial charge is 0.315 e. The lowest BCUT2D eigenvalue weighted by Gasteiger charge is -2.16. The molecular formula is C15H17BrN2O2. The van der Waals surface area contributed by atoms with E-state index in [4.69, 9.17) is 4.74 Å². The standard InChI is InChI=1S/C15H17BrN2O2/c1-10-14(16)11(2)18(17-10)9-13(15(19)20-3)12-7-5-4-6-8-12/h4-8,13H,9H2,1-3H3. The van der Waals surface area contributed by atoms with E-state index in [0.29, 0.717) is 6.54 Å². The quantitative estimate of drug-likeness (QED) is 0.805. The molecule has 2 aromatic rings. The molecule has 1 heterocycles. The van der Waals surface area contributed by atoms with Crippen molar-refractivity contribution >= 4 is 21.9 Å². The number of rotatable bonds is 4. The number of halogens is 1. The molecule has 20 heavy (non-hydrogen) atoms. The van der Waals surface area contributed by atoms with Crippen LogP contribution in [0.2, 0.25) is 0 Å². The summed E-state index contributed by atoms with van der Waals surface area (Å²) < 4.78 is 7.75. The van der Waals surface area contributed by atoms with Gasteiger partial charge in [-0.3, -0.25) is 9.48 Å². The molecule has 2 rings (SSSR count). The molecule has 0 saturated carbocycles. The largest absolute Gasteiger partial charge is 0.468 e. The van der Waals surface area contributed by atoms with Crippen molar-refractivity contribution in [3.05, 3.63) is 51.8 Å². The molecule has 1 atom stereocenters. The summed E-state index contributed by atoms with van der Waals surface area (Å²) in [6, 6.07) is 9.63. The number of carbonyl (C=O) groups excluding carboxylic acids is 1. The van der Waals surface area contributed by atoms with Crippen molar-refractivity contribution < 1.29 is 9.53 Å². The van der Waals surface area contributed by atoms with Gasteiger partial charge >= 0.3 is 5.97 Å². The third-order valence-corrected chi connectivity index (χ3v) is 4.48. The van der Waals surface area contributed by atoms with Crippen molar-refractivity contribution in [1.29, 1.82) is 0 Å². The van der Waals surface area contributed by atoms with Gasteiger partial charge in [0.15, 0.2) is 0 Å². The van der Waals surface area contributed by atoms with Crippen LogP contribution in [-0.2, 0) is 16.1 Å². The lowest BCUT2D eigenvalue weighted by atomic mass is 9.99. The van der Waals surface area contributed by atoms with Crippen LogP contribution in [0, 0.1) is 13.8 Å². The van der Waals surface area contributed by atoms with Crippen molar-refractivity contribution in [2.45, 2.75) is 26.3 Å². The van der Waals surface area contributed by atoms with Gasteiger partial charge in [0.2, 0.25) is 0 Å². The fraction of sp³-hybridized carbons (Fsp3) is 0.333. The molecule has 0 bridgehead atoms. The first-order valence-electron chi connectivity index (χ1n) is 6.37. The van der Waals surface area contributed by atoms with Gasteiger partial charge in [0, 0.05) is 5.69 Å². The fourth-order valence-corrected chi connectivity index (χ4v) is 2.45. The molecule has 0 N–H and O–H groups in total. The maximum atomic E-state index is 12.0. The number of carbonyl (C=O) groups is 1. The first-order valence-corrected chi connectivity index (χ1v) is 7.16. The monoisotopic (exact) mass is 336 g/mol. The number of esters is 1. The fourth-order valence-electron chi connectivity index (χ4n) is 2.17. The van der Waals surface area contributed by atoms with Crippen LogP contribution >= 0.6 is 15.9 Å². The van der Waals surface area contributed by atoms with Crippen LogP contribution in [0.25, 0.3) is 0 Å². The highest BCUT2D eigenvalue weighted by Gasteiger charge is 2.23. The van der Waals surface area contributed by atoms with Gasteiger partial charge in [-0.1, -0.05) is 30.3 Å². The molecule has 0 amide bonds. The Morgan fingerprint density at radius 1 is 1.35 bits per heavy atom. The van der Waals surface area contributed by atoms with Crippen molar-refractivity contribution in [3.63, 3.8) is 0 Å². The third-order valence-electron chi connectivity index (χ3n) is 3.34. The van der Waals surface area contributed by atoms with Gasteiger partial charge in [-0.05, 0) is 35.3 Å².